The standard InChI is InChI=1S/C17H16BrCl2NO4/c1-9(25-14-5-4-10(19)6-11(14)18)17(22)21-13-7-12(20)15(23-2)8-16(13)24-3/h4-9H,1-3H3,(H,21,22). The van der Waals surface area contributed by atoms with Crippen molar-refractivity contribution in [2.75, 3.05) is 19.5 Å². The van der Waals surface area contributed by atoms with Crippen molar-refractivity contribution >= 4 is 50.7 Å². The van der Waals surface area contributed by atoms with E-state index in [2.05, 4.69) is 21.2 Å². The van der Waals surface area contributed by atoms with Crippen molar-refractivity contribution in [3.05, 3.63) is 44.8 Å². The molecule has 0 fully saturated rings. The third kappa shape index (κ3) is 4.93. The van der Waals surface area contributed by atoms with Crippen LogP contribution in [-0.2, 0) is 4.79 Å². The highest BCUT2D eigenvalue weighted by molar-refractivity contribution is 9.10. The third-order valence-corrected chi connectivity index (χ3v) is 4.45. The number of rotatable bonds is 6. The van der Waals surface area contributed by atoms with Gasteiger partial charge in [0.25, 0.3) is 5.91 Å². The second-order valence-electron chi connectivity index (χ2n) is 5.01. The summed E-state index contributed by atoms with van der Waals surface area (Å²) in [6, 6.07) is 8.20. The maximum atomic E-state index is 12.4. The van der Waals surface area contributed by atoms with Crippen molar-refractivity contribution in [2.45, 2.75) is 13.0 Å². The second kappa shape index (κ2) is 8.65. The molecule has 2 aromatic carbocycles. The molecule has 0 bridgehead atoms. The van der Waals surface area contributed by atoms with E-state index in [-0.39, 0.29) is 5.91 Å². The number of carbonyl (C=O) groups is 1. The number of anilines is 1. The fourth-order valence-corrected chi connectivity index (χ4v) is 3.02. The van der Waals surface area contributed by atoms with Gasteiger partial charge in [-0.1, -0.05) is 23.2 Å². The predicted molar refractivity (Wildman–Crippen MR) is 102 cm³/mol. The van der Waals surface area contributed by atoms with Gasteiger partial charge in [0.1, 0.15) is 17.2 Å². The molecule has 1 unspecified atom stereocenters. The van der Waals surface area contributed by atoms with Crippen LogP contribution in [0.2, 0.25) is 10.0 Å². The summed E-state index contributed by atoms with van der Waals surface area (Å²) in [7, 11) is 2.99. The Morgan fingerprint density at radius 1 is 1.08 bits per heavy atom. The van der Waals surface area contributed by atoms with Crippen LogP contribution in [0.25, 0.3) is 0 Å². The Balaban J connectivity index is 2.14. The molecule has 2 aromatic rings. The van der Waals surface area contributed by atoms with E-state index < -0.39 is 6.10 Å². The minimum Gasteiger partial charge on any atom is -0.495 e. The van der Waals surface area contributed by atoms with Gasteiger partial charge >= 0.3 is 0 Å². The predicted octanol–water partition coefficient (Wildman–Crippen LogP) is 5.18. The van der Waals surface area contributed by atoms with Crippen LogP contribution in [0.3, 0.4) is 0 Å². The Morgan fingerprint density at radius 3 is 2.36 bits per heavy atom. The molecule has 0 aliphatic rings. The number of halogens is 3. The summed E-state index contributed by atoms with van der Waals surface area (Å²) in [6.45, 7) is 1.63. The molecule has 1 amide bonds. The zero-order valence-corrected chi connectivity index (χ0v) is 16.8. The average Bonchev–Trinajstić information content (AvgIpc) is 2.57. The monoisotopic (exact) mass is 447 g/mol. The third-order valence-electron chi connectivity index (χ3n) is 3.30. The van der Waals surface area contributed by atoms with E-state index in [0.717, 1.165) is 0 Å². The summed E-state index contributed by atoms with van der Waals surface area (Å²) >= 11 is 15.3. The lowest BCUT2D eigenvalue weighted by Crippen LogP contribution is -2.30. The molecule has 0 saturated carbocycles. The normalized spacial score (nSPS) is 11.6. The van der Waals surface area contributed by atoms with Crippen molar-refractivity contribution in [1.29, 1.82) is 0 Å². The van der Waals surface area contributed by atoms with Crippen molar-refractivity contribution in [2.24, 2.45) is 0 Å². The topological polar surface area (TPSA) is 56.8 Å². The number of benzene rings is 2. The first-order valence-electron chi connectivity index (χ1n) is 7.19. The number of nitrogens with one attached hydrogen (secondary N) is 1. The molecule has 0 aromatic heterocycles. The van der Waals surface area contributed by atoms with Crippen molar-refractivity contribution < 1.29 is 19.0 Å². The van der Waals surface area contributed by atoms with E-state index in [1.54, 1.807) is 37.3 Å². The largest absolute Gasteiger partial charge is 0.495 e. The number of ether oxygens (including phenoxy) is 3. The molecule has 8 heteroatoms. The van der Waals surface area contributed by atoms with Gasteiger partial charge in [0.2, 0.25) is 0 Å². The van der Waals surface area contributed by atoms with E-state index in [4.69, 9.17) is 37.4 Å². The van der Waals surface area contributed by atoms with Crippen LogP contribution >= 0.6 is 39.1 Å². The minimum atomic E-state index is -0.761. The molecule has 1 atom stereocenters. The summed E-state index contributed by atoms with van der Waals surface area (Å²) < 4.78 is 16.7. The summed E-state index contributed by atoms with van der Waals surface area (Å²) in [5, 5.41) is 3.65. The van der Waals surface area contributed by atoms with E-state index in [1.807, 2.05) is 0 Å². The Bertz CT molecular complexity index is 785. The van der Waals surface area contributed by atoms with Crippen molar-refractivity contribution in [3.8, 4) is 17.2 Å². The maximum Gasteiger partial charge on any atom is 0.265 e. The Kier molecular flexibility index (Phi) is 6.81. The zero-order chi connectivity index (χ0) is 18.6. The zero-order valence-electron chi connectivity index (χ0n) is 13.7. The summed E-state index contributed by atoms with van der Waals surface area (Å²) in [4.78, 5) is 12.4. The Hall–Kier alpha value is -1.63. The SMILES string of the molecule is COc1cc(OC)c(NC(=O)C(C)Oc2ccc(Cl)cc2Br)cc1Cl. The number of amides is 1. The highest BCUT2D eigenvalue weighted by Gasteiger charge is 2.19. The van der Waals surface area contributed by atoms with Crippen molar-refractivity contribution in [3.63, 3.8) is 0 Å². The van der Waals surface area contributed by atoms with Crippen molar-refractivity contribution in [1.82, 2.24) is 0 Å². The summed E-state index contributed by atoms with van der Waals surface area (Å²) in [5.41, 5.74) is 0.420. The lowest BCUT2D eigenvalue weighted by Gasteiger charge is -2.18. The fourth-order valence-electron chi connectivity index (χ4n) is 2.01. The molecule has 0 aliphatic heterocycles. The second-order valence-corrected chi connectivity index (χ2v) is 6.71. The number of hydrogen-bond acceptors (Lipinski definition) is 4. The van der Waals surface area contributed by atoms with E-state index in [1.165, 1.54) is 14.2 Å². The van der Waals surface area contributed by atoms with Crippen LogP contribution in [0.1, 0.15) is 6.92 Å². The lowest BCUT2D eigenvalue weighted by atomic mass is 10.2. The minimum absolute atomic E-state index is 0.354. The molecule has 5 nitrogen and oxygen atoms in total. The Morgan fingerprint density at radius 2 is 1.76 bits per heavy atom. The van der Waals surface area contributed by atoms with E-state index in [0.29, 0.717) is 37.5 Å². The molecule has 134 valence electrons. The van der Waals surface area contributed by atoms with Gasteiger partial charge in [0.15, 0.2) is 6.10 Å². The molecule has 0 radical (unpaired) electrons. The quantitative estimate of drug-likeness (QED) is 0.661. The summed E-state index contributed by atoms with van der Waals surface area (Å²) in [6.07, 6.45) is -0.761. The first-order chi connectivity index (χ1) is 11.8. The van der Waals surface area contributed by atoms with Crippen LogP contribution in [0.4, 0.5) is 5.69 Å². The highest BCUT2D eigenvalue weighted by Crippen LogP contribution is 2.36. The van der Waals surface area contributed by atoms with E-state index >= 15 is 0 Å². The molecular formula is C17H16BrCl2NO4. The first kappa shape index (κ1) is 19.7. The molecule has 0 spiro atoms. The van der Waals surface area contributed by atoms with E-state index in [9.17, 15) is 4.79 Å². The van der Waals surface area contributed by atoms with Crippen LogP contribution in [0, 0.1) is 0 Å². The highest BCUT2D eigenvalue weighted by atomic mass is 79.9. The molecule has 2 rings (SSSR count). The van der Waals surface area contributed by atoms with Crippen LogP contribution in [-0.4, -0.2) is 26.2 Å². The Labute approximate surface area is 164 Å². The maximum absolute atomic E-state index is 12.4. The summed E-state index contributed by atoms with van der Waals surface area (Å²) in [5.74, 6) is 1.02. The average molecular weight is 449 g/mol. The lowest BCUT2D eigenvalue weighted by molar-refractivity contribution is -0.122. The number of hydrogen-bond donors (Lipinski definition) is 1. The smallest absolute Gasteiger partial charge is 0.265 e. The van der Waals surface area contributed by atoms with Gasteiger partial charge in [-0.05, 0) is 47.1 Å². The van der Waals surface area contributed by atoms with Gasteiger partial charge in [0.05, 0.1) is 29.4 Å². The number of methoxy groups -OCH3 is 2. The molecule has 0 saturated heterocycles. The van der Waals surface area contributed by atoms with Gasteiger partial charge in [-0.2, -0.15) is 0 Å². The number of carbonyl (C=O) groups excluding carboxylic acids is 1. The van der Waals surface area contributed by atoms with Gasteiger partial charge in [-0.15, -0.1) is 0 Å². The van der Waals surface area contributed by atoms with Gasteiger partial charge < -0.3 is 19.5 Å². The van der Waals surface area contributed by atoms with Crippen LogP contribution in [0.5, 0.6) is 17.2 Å². The fraction of sp³-hybridized carbons (Fsp3) is 0.235. The van der Waals surface area contributed by atoms with Crippen LogP contribution in [0.15, 0.2) is 34.8 Å². The molecule has 25 heavy (non-hydrogen) atoms. The molecule has 1 N–H and O–H groups in total. The van der Waals surface area contributed by atoms with Gasteiger partial charge in [-0.25, -0.2) is 0 Å². The van der Waals surface area contributed by atoms with Gasteiger partial charge in [-0.3, -0.25) is 4.79 Å². The molecule has 0 heterocycles. The molecular weight excluding hydrogens is 433 g/mol. The van der Waals surface area contributed by atoms with Gasteiger partial charge in [0, 0.05) is 11.1 Å². The first-order valence-corrected chi connectivity index (χ1v) is 8.74. The van der Waals surface area contributed by atoms with Crippen LogP contribution < -0.4 is 19.5 Å². The molecule has 0 aliphatic carbocycles.